The quantitative estimate of drug-likeness (QED) is 0.672. The predicted octanol–water partition coefficient (Wildman–Crippen LogP) is 2.30. The van der Waals surface area contributed by atoms with Crippen molar-refractivity contribution in [3.8, 4) is 5.75 Å². The summed E-state index contributed by atoms with van der Waals surface area (Å²) in [5.41, 5.74) is 2.96. The number of nitrogens with zero attached hydrogens (tertiary/aromatic N) is 1. The highest BCUT2D eigenvalue weighted by Crippen LogP contribution is 2.38. The molecule has 0 aliphatic rings. The van der Waals surface area contributed by atoms with E-state index in [2.05, 4.69) is 9.72 Å². The molecule has 5 nitrogen and oxygen atoms in total. The highest BCUT2D eigenvalue weighted by Gasteiger charge is 2.36. The third-order valence-corrected chi connectivity index (χ3v) is 3.26. The van der Waals surface area contributed by atoms with Crippen LogP contribution in [0.15, 0.2) is 11.2 Å². The number of hydrogen-bond donors (Lipinski definition) is 1. The molecule has 1 aromatic rings. The Bertz CT molecular complexity index is 605. The van der Waals surface area contributed by atoms with E-state index in [4.69, 9.17) is 16.4 Å². The number of rotatable bonds is 4. The Morgan fingerprint density at radius 3 is 2.30 bits per heavy atom. The standard InChI is InChI=1S/C8H6ClF5N2O3S/c9-20(17,18)7-3(1-15)5(19-8(12,13)14)4(2-16-7)6(10)11/h2,6H,1,15H2. The Balaban J connectivity index is 3.63. The Hall–Kier alpha value is -1.20. The Labute approximate surface area is 113 Å². The van der Waals surface area contributed by atoms with Crippen LogP contribution in [-0.2, 0) is 15.6 Å². The Morgan fingerprint density at radius 2 is 1.95 bits per heavy atom. The summed E-state index contributed by atoms with van der Waals surface area (Å²) in [5, 5.41) is -1.06. The molecule has 20 heavy (non-hydrogen) atoms. The van der Waals surface area contributed by atoms with Crippen LogP contribution in [0.3, 0.4) is 0 Å². The molecule has 1 heterocycles. The molecule has 0 aromatic carbocycles. The van der Waals surface area contributed by atoms with Crippen molar-refractivity contribution in [3.63, 3.8) is 0 Å². The number of hydrogen-bond acceptors (Lipinski definition) is 5. The van der Waals surface area contributed by atoms with E-state index in [1.807, 2.05) is 0 Å². The second-order valence-corrected chi connectivity index (χ2v) is 5.80. The third kappa shape index (κ3) is 3.90. The van der Waals surface area contributed by atoms with E-state index in [0.29, 0.717) is 0 Å². The van der Waals surface area contributed by atoms with Crippen molar-refractivity contribution in [3.05, 3.63) is 17.3 Å². The summed E-state index contributed by atoms with van der Waals surface area (Å²) in [5.74, 6) is -1.41. The Morgan fingerprint density at radius 1 is 1.40 bits per heavy atom. The molecule has 0 atom stereocenters. The first kappa shape index (κ1) is 16.9. The lowest BCUT2D eigenvalue weighted by molar-refractivity contribution is -0.275. The maximum atomic E-state index is 12.6. The Kier molecular flexibility index (Phi) is 4.77. The number of aromatic nitrogens is 1. The molecular formula is C8H6ClF5N2O3S. The first-order valence-electron chi connectivity index (χ1n) is 4.67. The first-order chi connectivity index (χ1) is 8.97. The van der Waals surface area contributed by atoms with Gasteiger partial charge < -0.3 is 10.5 Å². The largest absolute Gasteiger partial charge is 0.573 e. The first-order valence-corrected chi connectivity index (χ1v) is 6.98. The van der Waals surface area contributed by atoms with Crippen LogP contribution in [0.5, 0.6) is 5.75 Å². The van der Waals surface area contributed by atoms with Crippen molar-refractivity contribution in [1.82, 2.24) is 4.98 Å². The van der Waals surface area contributed by atoms with Crippen LogP contribution in [0.1, 0.15) is 17.6 Å². The normalized spacial score (nSPS) is 12.8. The van der Waals surface area contributed by atoms with Crippen molar-refractivity contribution in [2.45, 2.75) is 24.4 Å². The molecular weight excluding hydrogens is 335 g/mol. The number of alkyl halides is 5. The summed E-state index contributed by atoms with van der Waals surface area (Å²) >= 11 is 0. The fraction of sp³-hybridized carbons (Fsp3) is 0.375. The van der Waals surface area contributed by atoms with Crippen LogP contribution in [-0.4, -0.2) is 19.8 Å². The van der Waals surface area contributed by atoms with Crippen LogP contribution in [0, 0.1) is 0 Å². The molecule has 0 aliphatic carbocycles. The number of ether oxygens (including phenoxy) is 1. The SMILES string of the molecule is NCc1c(S(=O)(=O)Cl)ncc(C(F)F)c1OC(F)(F)F. The van der Waals surface area contributed by atoms with Crippen LogP contribution < -0.4 is 10.5 Å². The van der Waals surface area contributed by atoms with Gasteiger partial charge in [0.05, 0.1) is 5.56 Å². The van der Waals surface area contributed by atoms with Gasteiger partial charge in [-0.2, -0.15) is 0 Å². The monoisotopic (exact) mass is 340 g/mol. The topological polar surface area (TPSA) is 82.3 Å². The van der Waals surface area contributed by atoms with E-state index in [-0.39, 0.29) is 6.20 Å². The zero-order valence-corrected chi connectivity index (χ0v) is 10.9. The minimum atomic E-state index is -5.32. The average Bonchev–Trinajstić information content (AvgIpc) is 2.24. The molecule has 114 valence electrons. The van der Waals surface area contributed by atoms with E-state index in [1.165, 1.54) is 0 Å². The van der Waals surface area contributed by atoms with Crippen LogP contribution >= 0.6 is 10.7 Å². The summed E-state index contributed by atoms with van der Waals surface area (Å²) in [4.78, 5) is 3.11. The molecule has 0 radical (unpaired) electrons. The van der Waals surface area contributed by atoms with E-state index >= 15 is 0 Å². The molecule has 0 spiro atoms. The second-order valence-electron chi connectivity index (χ2n) is 3.32. The van der Waals surface area contributed by atoms with Gasteiger partial charge in [0.2, 0.25) is 0 Å². The predicted molar refractivity (Wildman–Crippen MR) is 56.8 cm³/mol. The molecule has 0 aliphatic heterocycles. The van der Waals surface area contributed by atoms with E-state index in [9.17, 15) is 30.4 Å². The lowest BCUT2D eigenvalue weighted by Crippen LogP contribution is -2.21. The summed E-state index contributed by atoms with van der Waals surface area (Å²) in [6, 6.07) is 0. The lowest BCUT2D eigenvalue weighted by Gasteiger charge is -2.17. The summed E-state index contributed by atoms with van der Waals surface area (Å²) < 4.78 is 87.6. The van der Waals surface area contributed by atoms with Crippen molar-refractivity contribution >= 4 is 19.7 Å². The van der Waals surface area contributed by atoms with Gasteiger partial charge in [0.15, 0.2) is 5.03 Å². The highest BCUT2D eigenvalue weighted by molar-refractivity contribution is 8.13. The number of nitrogens with two attached hydrogens (primary N) is 1. The zero-order valence-electron chi connectivity index (χ0n) is 9.29. The van der Waals surface area contributed by atoms with Gasteiger partial charge in [-0.05, 0) is 0 Å². The molecule has 0 unspecified atom stereocenters. The third-order valence-electron chi connectivity index (χ3n) is 2.00. The summed E-state index contributed by atoms with van der Waals surface area (Å²) in [6.45, 7) is -0.847. The fourth-order valence-electron chi connectivity index (χ4n) is 1.32. The van der Waals surface area contributed by atoms with E-state index < -0.39 is 50.3 Å². The van der Waals surface area contributed by atoms with Crippen LogP contribution in [0.4, 0.5) is 22.0 Å². The molecule has 0 amide bonds. The molecule has 12 heteroatoms. The molecule has 1 rings (SSSR count). The van der Waals surface area contributed by atoms with Gasteiger partial charge in [-0.1, -0.05) is 0 Å². The molecule has 0 saturated heterocycles. The fourth-order valence-corrected chi connectivity index (χ4v) is 2.37. The van der Waals surface area contributed by atoms with Crippen molar-refractivity contribution < 1.29 is 35.1 Å². The van der Waals surface area contributed by atoms with Crippen molar-refractivity contribution in [2.24, 2.45) is 5.73 Å². The highest BCUT2D eigenvalue weighted by atomic mass is 35.7. The average molecular weight is 341 g/mol. The summed E-state index contributed by atoms with van der Waals surface area (Å²) in [6.07, 6.45) is -8.46. The number of pyridine rings is 1. The van der Waals surface area contributed by atoms with Crippen molar-refractivity contribution in [1.29, 1.82) is 0 Å². The second kappa shape index (κ2) is 5.66. The van der Waals surface area contributed by atoms with Gasteiger partial charge in [0.1, 0.15) is 5.75 Å². The summed E-state index contributed by atoms with van der Waals surface area (Å²) in [7, 11) is 0.370. The van der Waals surface area contributed by atoms with Gasteiger partial charge in [-0.3, -0.25) is 0 Å². The van der Waals surface area contributed by atoms with E-state index in [1.54, 1.807) is 0 Å². The van der Waals surface area contributed by atoms with Crippen LogP contribution in [0.25, 0.3) is 0 Å². The minimum Gasteiger partial charge on any atom is -0.405 e. The maximum Gasteiger partial charge on any atom is 0.573 e. The van der Waals surface area contributed by atoms with Crippen molar-refractivity contribution in [2.75, 3.05) is 0 Å². The zero-order chi connectivity index (χ0) is 15.7. The van der Waals surface area contributed by atoms with E-state index in [0.717, 1.165) is 0 Å². The van der Waals surface area contributed by atoms with Gasteiger partial charge in [0.25, 0.3) is 15.5 Å². The molecule has 0 bridgehead atoms. The van der Waals surface area contributed by atoms with Gasteiger partial charge in [-0.15, -0.1) is 13.2 Å². The number of halogens is 6. The van der Waals surface area contributed by atoms with Crippen LogP contribution in [0.2, 0.25) is 0 Å². The molecule has 1 aromatic heterocycles. The molecule has 0 saturated carbocycles. The minimum absolute atomic E-state index is 0.236. The van der Waals surface area contributed by atoms with Gasteiger partial charge in [-0.25, -0.2) is 22.2 Å². The lowest BCUT2D eigenvalue weighted by atomic mass is 10.1. The maximum absolute atomic E-state index is 12.6. The molecule has 0 fully saturated rings. The van der Waals surface area contributed by atoms with Gasteiger partial charge >= 0.3 is 6.36 Å². The smallest absolute Gasteiger partial charge is 0.405 e. The molecule has 2 N–H and O–H groups in total. The van der Waals surface area contributed by atoms with Gasteiger partial charge in [0, 0.05) is 29.0 Å².